The highest BCUT2D eigenvalue weighted by Gasteiger charge is 2.29. The summed E-state index contributed by atoms with van der Waals surface area (Å²) in [4.78, 5) is 45.7. The van der Waals surface area contributed by atoms with Crippen molar-refractivity contribution in [2.45, 2.75) is 64.6 Å². The first-order chi connectivity index (χ1) is 32.4. The molecule has 0 aliphatic carbocycles. The number of methoxy groups -OCH3 is 2. The first kappa shape index (κ1) is 53.8. The predicted molar refractivity (Wildman–Crippen MR) is 251 cm³/mol. The van der Waals surface area contributed by atoms with Crippen molar-refractivity contribution in [1.82, 2.24) is 74.0 Å². The molecule has 6 aromatic rings. The molecule has 0 fully saturated rings. The molecule has 0 atom stereocenters. The van der Waals surface area contributed by atoms with E-state index < -0.39 is 16.1 Å². The highest BCUT2D eigenvalue weighted by molar-refractivity contribution is 7.90. The van der Waals surface area contributed by atoms with Gasteiger partial charge in [0.15, 0.2) is 5.03 Å². The lowest BCUT2D eigenvalue weighted by Crippen LogP contribution is -2.36. The number of fused-ring (bicyclic) bond motifs is 1. The molecule has 366 valence electrons. The van der Waals surface area contributed by atoms with E-state index in [1.54, 1.807) is 17.6 Å². The van der Waals surface area contributed by atoms with Crippen molar-refractivity contribution in [2.75, 3.05) is 49.9 Å². The summed E-state index contributed by atoms with van der Waals surface area (Å²) in [5.41, 5.74) is 0.298. The summed E-state index contributed by atoms with van der Waals surface area (Å²) >= 11 is 18.0. The van der Waals surface area contributed by atoms with Crippen molar-refractivity contribution in [3.05, 3.63) is 56.0 Å². The number of nitrogens with zero attached hydrogens (tertiary/aromatic N) is 14. The third kappa shape index (κ3) is 14.8. The average molecular weight is 1020 g/mol. The number of anilines is 3. The molecule has 5 N–H and O–H groups in total. The summed E-state index contributed by atoms with van der Waals surface area (Å²) < 4.78 is 46.7. The van der Waals surface area contributed by atoms with Crippen molar-refractivity contribution in [3.8, 4) is 46.9 Å². The number of aryl methyl sites for hydroxylation is 3. The number of tetrazole rings is 1. The van der Waals surface area contributed by atoms with Crippen LogP contribution >= 0.6 is 34.8 Å². The quantitative estimate of drug-likeness (QED) is 0.104. The van der Waals surface area contributed by atoms with Crippen molar-refractivity contribution >= 4 is 68.7 Å². The fourth-order valence-corrected chi connectivity index (χ4v) is 7.53. The highest BCUT2D eigenvalue weighted by atomic mass is 35.5. The van der Waals surface area contributed by atoms with Crippen LogP contribution in [0.25, 0.3) is 17.1 Å². The summed E-state index contributed by atoms with van der Waals surface area (Å²) in [6, 6.07) is 3.65. The Bertz CT molecular complexity index is 2840. The minimum absolute atomic E-state index is 0.0299. The number of aromatic nitrogens is 14. The topological polar surface area (TPSA) is 313 Å². The van der Waals surface area contributed by atoms with Gasteiger partial charge in [-0.1, -0.05) is 29.1 Å². The van der Waals surface area contributed by atoms with Crippen molar-refractivity contribution in [1.29, 1.82) is 0 Å². The Morgan fingerprint density at radius 2 is 1.63 bits per heavy atom. The number of hydrogen-bond acceptors (Lipinski definition) is 20. The molecule has 0 saturated heterocycles. The van der Waals surface area contributed by atoms with Gasteiger partial charge in [-0.25, -0.2) is 14.3 Å². The number of benzene rings is 1. The third-order valence-corrected chi connectivity index (χ3v) is 10.5. The zero-order chi connectivity index (χ0) is 50.1. The fraction of sp³-hybridized carbons (Fsp3) is 0.421. The minimum atomic E-state index is -4.36. The maximum atomic E-state index is 12.8. The molecule has 0 unspecified atom stereocenters. The van der Waals surface area contributed by atoms with Crippen LogP contribution in [0.1, 0.15) is 46.4 Å². The highest BCUT2D eigenvalue weighted by Crippen LogP contribution is 2.33. The van der Waals surface area contributed by atoms with E-state index in [0.29, 0.717) is 39.9 Å². The van der Waals surface area contributed by atoms with Gasteiger partial charge in [-0.15, -0.1) is 21.7 Å². The van der Waals surface area contributed by atoms with Crippen LogP contribution in [0.5, 0.6) is 17.5 Å². The molecule has 6 heterocycles. The molecule has 68 heavy (non-hydrogen) atoms. The second kappa shape index (κ2) is 25.3. The molecule has 5 aromatic heterocycles. The summed E-state index contributed by atoms with van der Waals surface area (Å²) in [7, 11) is 1.27. The van der Waals surface area contributed by atoms with E-state index in [4.69, 9.17) is 60.5 Å². The number of carbonyl (C=O) groups is 1. The summed E-state index contributed by atoms with van der Waals surface area (Å²) in [6.07, 6.45) is 9.22. The third-order valence-electron chi connectivity index (χ3n) is 8.31. The number of halogens is 3. The SMILES string of the molecule is C#CCOc1cc(-n2nc3n(c2=O)CCCC3)c(Cl)cc1Cl.CCNc1nc(Cl)nc(NC(C)C)n1.CCO.COc1cc(OC)nc(NC(=O)NS(=O)(=O)c2c(-c3nnn(C)n3)cnn2C)n1. The first-order valence-corrected chi connectivity index (χ1v) is 22.8. The number of terminal acetylenes is 1. The number of sulfonamides is 1. The van der Waals surface area contributed by atoms with E-state index >= 15 is 0 Å². The van der Waals surface area contributed by atoms with Gasteiger partial charge in [0.05, 0.1) is 54.8 Å². The van der Waals surface area contributed by atoms with Crippen LogP contribution < -0.4 is 40.6 Å². The Morgan fingerprint density at radius 1 is 0.956 bits per heavy atom. The van der Waals surface area contributed by atoms with Crippen LogP contribution in [0.2, 0.25) is 15.3 Å². The zero-order valence-corrected chi connectivity index (χ0v) is 41.1. The van der Waals surface area contributed by atoms with Crippen LogP contribution in [-0.2, 0) is 37.1 Å². The standard InChI is InChI=1S/C15H13Cl2N3O2.C13H16N10O5S.C8H14ClN5.C2H6O/c1-2-7-22-13-9-12(10(16)8-11(13)17)20-15(21)19-6-4-3-5-14(19)18-20;1-22-11(7(6-14-22)10-18-21-23(2)19-10)29(25,26)20-13(24)17-12-15-8(27-3)5-9(16-12)28-4;1-4-10-7-12-6(9)13-8(14-7)11-5(2)3;1-2-3/h1,8-9H,3-7H2;5-6H,1-4H3,(H2,15,16,17,20,24);5H,4H2,1-3H3,(H2,10,11,12,13,14);3H,2H2,1H3. The number of hydrogen-bond donors (Lipinski definition) is 5. The molecule has 0 spiro atoms. The Labute approximate surface area is 405 Å². The van der Waals surface area contributed by atoms with Gasteiger partial charge < -0.3 is 30.0 Å². The lowest BCUT2D eigenvalue weighted by Gasteiger charge is -2.10. The van der Waals surface area contributed by atoms with Gasteiger partial charge in [0, 0.05) is 45.3 Å². The molecule has 1 aliphatic heterocycles. The largest absolute Gasteiger partial charge is 0.481 e. The number of ether oxygens (including phenoxy) is 3. The van der Waals surface area contributed by atoms with E-state index in [2.05, 4.69) is 72.4 Å². The van der Waals surface area contributed by atoms with Crippen LogP contribution in [0.15, 0.2) is 34.2 Å². The first-order valence-electron chi connectivity index (χ1n) is 20.2. The van der Waals surface area contributed by atoms with E-state index in [9.17, 15) is 18.0 Å². The van der Waals surface area contributed by atoms with Crippen LogP contribution in [0.3, 0.4) is 0 Å². The minimum Gasteiger partial charge on any atom is -0.481 e. The number of aliphatic hydroxyl groups excluding tert-OH is 1. The molecule has 0 radical (unpaired) electrons. The van der Waals surface area contributed by atoms with Gasteiger partial charge in [0.25, 0.3) is 10.0 Å². The normalized spacial score (nSPS) is 11.5. The maximum absolute atomic E-state index is 12.8. The van der Waals surface area contributed by atoms with Crippen LogP contribution in [0, 0.1) is 12.3 Å². The van der Waals surface area contributed by atoms with Gasteiger partial charge in [0.1, 0.15) is 18.2 Å². The monoisotopic (exact) mass is 1020 g/mol. The van der Waals surface area contributed by atoms with E-state index in [-0.39, 0.29) is 64.4 Å². The number of amides is 2. The van der Waals surface area contributed by atoms with E-state index in [1.165, 1.54) is 51.3 Å². The van der Waals surface area contributed by atoms with Crippen molar-refractivity contribution in [2.24, 2.45) is 14.1 Å². The number of nitrogens with one attached hydrogen (secondary N) is 4. The summed E-state index contributed by atoms with van der Waals surface area (Å²) in [5.74, 6) is 4.52. The maximum Gasteiger partial charge on any atom is 0.350 e. The van der Waals surface area contributed by atoms with Gasteiger partial charge >= 0.3 is 11.7 Å². The van der Waals surface area contributed by atoms with Gasteiger partial charge in [-0.3, -0.25) is 14.6 Å². The van der Waals surface area contributed by atoms with E-state index in [0.717, 1.165) is 41.1 Å². The smallest absolute Gasteiger partial charge is 0.350 e. The molecule has 0 saturated carbocycles. The van der Waals surface area contributed by atoms with Gasteiger partial charge in [-0.05, 0) is 63.4 Å². The number of carbonyl (C=O) groups excluding carboxylic acids is 1. The zero-order valence-electron chi connectivity index (χ0n) is 38.0. The molecular formula is C38H49Cl3N18O8S. The fourth-order valence-electron chi connectivity index (χ4n) is 5.63. The molecular weight excluding hydrogens is 975 g/mol. The molecule has 1 aromatic carbocycles. The predicted octanol–water partition coefficient (Wildman–Crippen LogP) is 3.39. The molecule has 0 bridgehead atoms. The van der Waals surface area contributed by atoms with Crippen LogP contribution in [0.4, 0.5) is 22.6 Å². The van der Waals surface area contributed by atoms with Crippen LogP contribution in [-0.4, -0.2) is 129 Å². The van der Waals surface area contributed by atoms with Gasteiger partial charge in [0.2, 0.25) is 40.7 Å². The van der Waals surface area contributed by atoms with Crippen molar-refractivity contribution in [3.63, 3.8) is 0 Å². The van der Waals surface area contributed by atoms with Crippen molar-refractivity contribution < 1.29 is 32.5 Å². The second-order valence-corrected chi connectivity index (χ2v) is 16.5. The molecule has 7 rings (SSSR count). The number of urea groups is 1. The Morgan fingerprint density at radius 3 is 2.22 bits per heavy atom. The Balaban J connectivity index is 0.000000228. The number of rotatable bonds is 13. The molecule has 30 heteroatoms. The number of aliphatic hydroxyl groups is 1. The summed E-state index contributed by atoms with van der Waals surface area (Å²) in [5, 5.41) is 36.0. The Kier molecular flexibility index (Phi) is 20.0. The van der Waals surface area contributed by atoms with Gasteiger partial charge in [-0.2, -0.15) is 47.9 Å². The lowest BCUT2D eigenvalue weighted by atomic mass is 10.2. The molecule has 26 nitrogen and oxygen atoms in total. The summed E-state index contributed by atoms with van der Waals surface area (Å²) in [6.45, 7) is 9.42. The van der Waals surface area contributed by atoms with E-state index in [1.807, 2.05) is 25.5 Å². The Hall–Kier alpha value is -6.86. The molecule has 1 aliphatic rings. The average Bonchev–Trinajstić information content (AvgIpc) is 3.99. The second-order valence-electron chi connectivity index (χ2n) is 13.8. The lowest BCUT2D eigenvalue weighted by molar-refractivity contribution is 0.256. The molecule has 2 amide bonds.